The van der Waals surface area contributed by atoms with Gasteiger partial charge in [-0.05, 0) is 0 Å². The molecule has 0 aliphatic heterocycles. The quantitative estimate of drug-likeness (QED) is 0.322. The predicted molar refractivity (Wildman–Crippen MR) is 1.80 cm³/mol. The van der Waals surface area contributed by atoms with E-state index in [1.165, 1.54) is 0 Å². The van der Waals surface area contributed by atoms with Crippen molar-refractivity contribution in [3.8, 4) is 0 Å². The number of hydrogen-bond acceptors (Lipinski definition) is 0. The van der Waals surface area contributed by atoms with Crippen LogP contribution in [0, 0.1) is 0 Å². The zero-order valence-corrected chi connectivity index (χ0v) is 4.02. The first-order valence-electron chi connectivity index (χ1n) is 0. The van der Waals surface area contributed by atoms with Gasteiger partial charge >= 0.3 is 35.4 Å². The molecule has 0 heterocycles. The third kappa shape index (κ3) is 9.62. The molecule has 1 nitrogen and oxygen atoms in total. The second kappa shape index (κ2) is 23.9. The molecule has 0 saturated carbocycles. The molecule has 0 aromatic carbocycles. The van der Waals surface area contributed by atoms with E-state index in [-0.39, 0.29) is 58.7 Å². The molecule has 0 aromatic rings. The van der Waals surface area contributed by atoms with E-state index in [0.29, 0.717) is 0 Å². The Hall–Kier alpha value is 1.54. The molecule has 0 aliphatic rings. The Morgan fingerprint density at radius 3 is 1.25 bits per heavy atom. The minimum atomic E-state index is 0. The Balaban J connectivity index is 0. The minimum Gasteiger partial charge on any atom is -2.00 e. The van der Waals surface area contributed by atoms with E-state index in [9.17, 15) is 0 Å². The summed E-state index contributed by atoms with van der Waals surface area (Å²) < 4.78 is 0. The third-order valence-corrected chi connectivity index (χ3v) is 0. The summed E-state index contributed by atoms with van der Waals surface area (Å²) in [7, 11) is 0. The summed E-state index contributed by atoms with van der Waals surface area (Å²) in [6, 6.07) is 0. The Labute approximate surface area is 58.7 Å². The maximum absolute atomic E-state index is 0. The van der Waals surface area contributed by atoms with Crippen LogP contribution in [0.15, 0.2) is 0 Å². The zero-order chi connectivity index (χ0) is 0. The van der Waals surface area contributed by atoms with Crippen LogP contribution in [0.5, 0.6) is 0 Å². The van der Waals surface area contributed by atoms with E-state index < -0.39 is 0 Å². The summed E-state index contributed by atoms with van der Waals surface area (Å²) in [5, 5.41) is 0. The molecular formula is HLiNi2O. The fraction of sp³-hybridized carbons (Fsp3) is 0. The normalized spacial score (nSPS) is 0. The van der Waals surface area contributed by atoms with Crippen molar-refractivity contribution >= 4 is 0 Å². The molecule has 4 heavy (non-hydrogen) atoms. The molecular weight excluding hydrogens is 140 g/mol. The summed E-state index contributed by atoms with van der Waals surface area (Å²) in [4.78, 5) is 0. The second-order valence-corrected chi connectivity index (χ2v) is 0. The van der Waals surface area contributed by atoms with Gasteiger partial charge in [0, 0.05) is 16.5 Å². The van der Waals surface area contributed by atoms with Crippen molar-refractivity contribution in [1.82, 2.24) is 0 Å². The molecule has 0 unspecified atom stereocenters. The van der Waals surface area contributed by atoms with E-state index in [0.717, 1.165) is 0 Å². The van der Waals surface area contributed by atoms with Gasteiger partial charge in [-0.3, -0.25) is 0 Å². The summed E-state index contributed by atoms with van der Waals surface area (Å²) in [6.07, 6.45) is 0. The molecule has 0 fully saturated rings. The SMILES string of the molecule is [H-].[Li+].[Ni+2].[Ni].[O-2]. The van der Waals surface area contributed by atoms with Crippen molar-refractivity contribution in [2.45, 2.75) is 0 Å². The van der Waals surface area contributed by atoms with Crippen molar-refractivity contribution < 1.29 is 58.7 Å². The molecule has 0 radical (unpaired) electrons. The van der Waals surface area contributed by atoms with Gasteiger partial charge in [0.15, 0.2) is 0 Å². The third-order valence-electron chi connectivity index (χ3n) is 0. The molecule has 0 atom stereocenters. The van der Waals surface area contributed by atoms with E-state index in [1.807, 2.05) is 0 Å². The fourth-order valence-electron chi connectivity index (χ4n) is 0. The van der Waals surface area contributed by atoms with E-state index in [2.05, 4.69) is 0 Å². The molecule has 0 rings (SSSR count). The van der Waals surface area contributed by atoms with Crippen LogP contribution in [-0.2, 0) is 38.5 Å². The molecule has 4 heteroatoms. The monoisotopic (exact) mass is 140 g/mol. The van der Waals surface area contributed by atoms with Crippen LogP contribution in [0.2, 0.25) is 0 Å². The molecule has 0 spiro atoms. The second-order valence-electron chi connectivity index (χ2n) is 0. The van der Waals surface area contributed by atoms with Gasteiger partial charge < -0.3 is 6.90 Å². The maximum atomic E-state index is 0. The standard InChI is InChI=1S/Li.2Ni.O.H/q+1;;+2;-2;-1. The van der Waals surface area contributed by atoms with Crippen LogP contribution in [0.3, 0.4) is 0 Å². The van der Waals surface area contributed by atoms with Crippen LogP contribution in [0.25, 0.3) is 0 Å². The summed E-state index contributed by atoms with van der Waals surface area (Å²) in [5.74, 6) is 0. The fourth-order valence-corrected chi connectivity index (χ4v) is 0. The van der Waals surface area contributed by atoms with E-state index >= 15 is 0 Å². The van der Waals surface area contributed by atoms with Crippen LogP contribution >= 0.6 is 0 Å². The molecule has 0 saturated heterocycles. The average Bonchev–Trinajstić information content (AvgIpc) is 0. The molecule has 0 aromatic heterocycles. The first kappa shape index (κ1) is 48.0. The van der Waals surface area contributed by atoms with Crippen LogP contribution in [-0.4, -0.2) is 0 Å². The first-order valence-corrected chi connectivity index (χ1v) is 0. The Morgan fingerprint density at radius 2 is 1.25 bits per heavy atom. The number of hydrogen-bond donors (Lipinski definition) is 0. The van der Waals surface area contributed by atoms with Gasteiger partial charge in [-0.1, -0.05) is 0 Å². The van der Waals surface area contributed by atoms with Gasteiger partial charge in [0.1, 0.15) is 0 Å². The first-order chi connectivity index (χ1) is 0. The van der Waals surface area contributed by atoms with Gasteiger partial charge in [-0.15, -0.1) is 0 Å². The molecule has 0 amide bonds. The average molecular weight is 141 g/mol. The van der Waals surface area contributed by atoms with Gasteiger partial charge in [0.05, 0.1) is 0 Å². The van der Waals surface area contributed by atoms with E-state index in [4.69, 9.17) is 0 Å². The van der Waals surface area contributed by atoms with Gasteiger partial charge in [-0.2, -0.15) is 0 Å². The Morgan fingerprint density at radius 1 is 1.25 bits per heavy atom. The number of rotatable bonds is 0. The smallest absolute Gasteiger partial charge is 2.00 e. The minimum absolute atomic E-state index is 0. The summed E-state index contributed by atoms with van der Waals surface area (Å²) in [6.45, 7) is 0. The maximum Gasteiger partial charge on any atom is 2.00 e. The van der Waals surface area contributed by atoms with Crippen molar-refractivity contribution in [3.63, 3.8) is 0 Å². The zero-order valence-electron chi connectivity index (χ0n) is 3.04. The molecule has 0 aliphatic carbocycles. The Kier molecular flexibility index (Phi) is 287. The Bertz CT molecular complexity index is 9.61. The van der Waals surface area contributed by atoms with Gasteiger partial charge in [0.2, 0.25) is 0 Å². The largest absolute Gasteiger partial charge is 2.00 e. The van der Waals surface area contributed by atoms with Crippen LogP contribution in [0.4, 0.5) is 0 Å². The van der Waals surface area contributed by atoms with Gasteiger partial charge in [0.25, 0.3) is 0 Å². The van der Waals surface area contributed by atoms with Crippen molar-refractivity contribution in [2.75, 3.05) is 0 Å². The summed E-state index contributed by atoms with van der Waals surface area (Å²) >= 11 is 0. The molecule has 0 N–H and O–H groups in total. The van der Waals surface area contributed by atoms with Crippen molar-refractivity contribution in [1.29, 1.82) is 0 Å². The van der Waals surface area contributed by atoms with Crippen LogP contribution in [0.1, 0.15) is 1.43 Å². The van der Waals surface area contributed by atoms with Gasteiger partial charge in [-0.25, -0.2) is 0 Å². The molecule has 28 valence electrons. The summed E-state index contributed by atoms with van der Waals surface area (Å²) in [5.41, 5.74) is 0. The predicted octanol–water partition coefficient (Wildman–Crippen LogP) is -3.01. The topological polar surface area (TPSA) is 28.5 Å². The van der Waals surface area contributed by atoms with Crippen molar-refractivity contribution in [3.05, 3.63) is 0 Å². The van der Waals surface area contributed by atoms with E-state index in [1.54, 1.807) is 0 Å². The van der Waals surface area contributed by atoms with Crippen LogP contribution < -0.4 is 18.9 Å². The molecule has 0 bridgehead atoms. The van der Waals surface area contributed by atoms with Crippen molar-refractivity contribution in [2.24, 2.45) is 0 Å².